The molecule has 0 saturated carbocycles. The summed E-state index contributed by atoms with van der Waals surface area (Å²) in [5.74, 6) is 1.49. The second-order valence-electron chi connectivity index (χ2n) is 7.41. The second-order valence-corrected chi connectivity index (χ2v) is 7.41. The van der Waals surface area contributed by atoms with Gasteiger partial charge in [-0.3, -0.25) is 9.69 Å². The van der Waals surface area contributed by atoms with Crippen molar-refractivity contribution in [2.45, 2.75) is 20.0 Å². The van der Waals surface area contributed by atoms with Crippen LogP contribution in [0.3, 0.4) is 0 Å². The van der Waals surface area contributed by atoms with Crippen molar-refractivity contribution < 1.29 is 19.2 Å². The number of ether oxygens (including phenoxy) is 1. The van der Waals surface area contributed by atoms with Crippen molar-refractivity contribution in [2.75, 3.05) is 32.8 Å². The lowest BCUT2D eigenvalue weighted by atomic mass is 9.96. The molecule has 1 amide bonds. The van der Waals surface area contributed by atoms with Crippen LogP contribution in [0.1, 0.15) is 11.5 Å². The third-order valence-electron chi connectivity index (χ3n) is 5.20. The van der Waals surface area contributed by atoms with E-state index in [9.17, 15) is 9.90 Å². The number of aliphatic hydroxyl groups excluding tert-OH is 1. The number of carbonyl (C=O) groups is 1. The molecule has 1 aromatic heterocycles. The van der Waals surface area contributed by atoms with Gasteiger partial charge in [-0.15, -0.1) is 0 Å². The topological polar surface area (TPSA) is 87.8 Å². The number of aliphatic hydroxyl groups is 1. The van der Waals surface area contributed by atoms with Gasteiger partial charge in [-0.2, -0.15) is 0 Å². The lowest BCUT2D eigenvalue weighted by Gasteiger charge is -2.28. The van der Waals surface area contributed by atoms with Crippen molar-refractivity contribution in [3.63, 3.8) is 0 Å². The first-order chi connectivity index (χ1) is 14.0. The van der Waals surface area contributed by atoms with Crippen LogP contribution in [0.15, 0.2) is 40.9 Å². The lowest BCUT2D eigenvalue weighted by Crippen LogP contribution is -2.50. The molecule has 152 valence electrons. The number of hydrogen-bond acceptors (Lipinski definition) is 6. The number of fused-ring (bicyclic) bond motifs is 1. The number of amides is 1. The molecule has 2 N–H and O–H groups in total. The zero-order chi connectivity index (χ0) is 20.4. The third kappa shape index (κ3) is 4.11. The van der Waals surface area contributed by atoms with Crippen LogP contribution in [0.2, 0.25) is 0 Å². The molecule has 3 aromatic rings. The zero-order valence-electron chi connectivity index (χ0n) is 16.6. The number of piperazine rings is 1. The van der Waals surface area contributed by atoms with Gasteiger partial charge in [-0.1, -0.05) is 29.4 Å². The van der Waals surface area contributed by atoms with Crippen molar-refractivity contribution >= 4 is 16.7 Å². The maximum Gasteiger partial charge on any atom is 0.234 e. The van der Waals surface area contributed by atoms with E-state index in [0.717, 1.165) is 39.9 Å². The highest BCUT2D eigenvalue weighted by molar-refractivity contribution is 6.00. The molecule has 1 unspecified atom stereocenters. The molecule has 2 heterocycles. The molecular formula is C22H25N3O4. The molecule has 2 aromatic carbocycles. The summed E-state index contributed by atoms with van der Waals surface area (Å²) in [6, 6.07) is 11.9. The lowest BCUT2D eigenvalue weighted by molar-refractivity contribution is -0.124. The fourth-order valence-corrected chi connectivity index (χ4v) is 3.87. The van der Waals surface area contributed by atoms with Gasteiger partial charge >= 0.3 is 0 Å². The van der Waals surface area contributed by atoms with Crippen LogP contribution in [-0.2, 0) is 4.79 Å². The fourth-order valence-electron chi connectivity index (χ4n) is 3.87. The summed E-state index contributed by atoms with van der Waals surface area (Å²) < 4.78 is 11.3. The standard InChI is InChI=1S/C22H25N3O4/c1-14-22(15(2)29-24-14)19-7-8-20(18-6-4-3-5-17(18)19)28-13-16(26)11-25-10-9-23-21(27)12-25/h3-8,16,26H,9-13H2,1-2H3,(H,23,27). The van der Waals surface area contributed by atoms with Gasteiger partial charge in [0.2, 0.25) is 5.91 Å². The number of benzene rings is 2. The normalized spacial score (nSPS) is 16.0. The van der Waals surface area contributed by atoms with E-state index < -0.39 is 6.10 Å². The third-order valence-corrected chi connectivity index (χ3v) is 5.20. The van der Waals surface area contributed by atoms with E-state index >= 15 is 0 Å². The monoisotopic (exact) mass is 395 g/mol. The first kappa shape index (κ1) is 19.4. The summed E-state index contributed by atoms with van der Waals surface area (Å²) in [6.45, 7) is 6.06. The molecule has 1 saturated heterocycles. The van der Waals surface area contributed by atoms with Crippen molar-refractivity contribution in [3.05, 3.63) is 47.9 Å². The number of hydrogen-bond donors (Lipinski definition) is 2. The van der Waals surface area contributed by atoms with Crippen molar-refractivity contribution in [1.82, 2.24) is 15.4 Å². The molecule has 0 spiro atoms. The van der Waals surface area contributed by atoms with Gasteiger partial charge in [0.15, 0.2) is 0 Å². The molecule has 7 nitrogen and oxygen atoms in total. The predicted molar refractivity (Wildman–Crippen MR) is 110 cm³/mol. The van der Waals surface area contributed by atoms with E-state index in [4.69, 9.17) is 9.26 Å². The van der Waals surface area contributed by atoms with Crippen LogP contribution >= 0.6 is 0 Å². The summed E-state index contributed by atoms with van der Waals surface area (Å²) in [7, 11) is 0. The molecule has 1 atom stereocenters. The van der Waals surface area contributed by atoms with Crippen molar-refractivity contribution in [2.24, 2.45) is 0 Å². The van der Waals surface area contributed by atoms with Gasteiger partial charge in [0.25, 0.3) is 0 Å². The van der Waals surface area contributed by atoms with Gasteiger partial charge in [0.1, 0.15) is 24.2 Å². The Labute approximate surface area is 169 Å². The Hall–Kier alpha value is -2.90. The number of nitrogens with zero attached hydrogens (tertiary/aromatic N) is 2. The fraction of sp³-hybridized carbons (Fsp3) is 0.364. The van der Waals surface area contributed by atoms with E-state index in [2.05, 4.69) is 10.5 Å². The van der Waals surface area contributed by atoms with E-state index in [1.807, 2.05) is 55.1 Å². The van der Waals surface area contributed by atoms with Gasteiger partial charge in [0, 0.05) is 30.6 Å². The maximum atomic E-state index is 11.5. The minimum Gasteiger partial charge on any atom is -0.490 e. The molecule has 4 rings (SSSR count). The minimum atomic E-state index is -0.679. The Morgan fingerprint density at radius 1 is 1.24 bits per heavy atom. The molecule has 0 radical (unpaired) electrons. The van der Waals surface area contributed by atoms with Crippen LogP contribution in [0, 0.1) is 13.8 Å². The first-order valence-electron chi connectivity index (χ1n) is 9.78. The smallest absolute Gasteiger partial charge is 0.234 e. The summed E-state index contributed by atoms with van der Waals surface area (Å²) in [5, 5.41) is 19.2. The number of aryl methyl sites for hydroxylation is 2. The summed E-state index contributed by atoms with van der Waals surface area (Å²) >= 11 is 0. The van der Waals surface area contributed by atoms with Crippen molar-refractivity contribution in [3.8, 4) is 16.9 Å². The van der Waals surface area contributed by atoms with Crippen LogP contribution in [0.4, 0.5) is 0 Å². The highest BCUT2D eigenvalue weighted by atomic mass is 16.5. The van der Waals surface area contributed by atoms with E-state index in [-0.39, 0.29) is 12.5 Å². The number of rotatable bonds is 6. The van der Waals surface area contributed by atoms with E-state index in [0.29, 0.717) is 25.4 Å². The Kier molecular flexibility index (Phi) is 5.51. The van der Waals surface area contributed by atoms with Crippen LogP contribution < -0.4 is 10.1 Å². The highest BCUT2D eigenvalue weighted by Gasteiger charge is 2.20. The quantitative estimate of drug-likeness (QED) is 0.666. The van der Waals surface area contributed by atoms with Crippen LogP contribution in [0.25, 0.3) is 21.9 Å². The molecule has 29 heavy (non-hydrogen) atoms. The van der Waals surface area contributed by atoms with Crippen molar-refractivity contribution in [1.29, 1.82) is 0 Å². The Morgan fingerprint density at radius 2 is 2.03 bits per heavy atom. The molecule has 1 aliphatic heterocycles. The molecule has 0 aliphatic carbocycles. The molecular weight excluding hydrogens is 370 g/mol. The van der Waals surface area contributed by atoms with Crippen LogP contribution in [0.5, 0.6) is 5.75 Å². The number of β-amino-alcohol motifs (C(OH)–C–C–N with tert-alkyl or cyclic N) is 1. The first-order valence-corrected chi connectivity index (χ1v) is 9.78. The largest absolute Gasteiger partial charge is 0.490 e. The van der Waals surface area contributed by atoms with Gasteiger partial charge in [-0.25, -0.2) is 0 Å². The molecule has 1 aliphatic rings. The summed E-state index contributed by atoms with van der Waals surface area (Å²) in [5.41, 5.74) is 2.89. The highest BCUT2D eigenvalue weighted by Crippen LogP contribution is 2.37. The Morgan fingerprint density at radius 3 is 2.76 bits per heavy atom. The predicted octanol–water partition coefficient (Wildman–Crippen LogP) is 2.28. The van der Waals surface area contributed by atoms with Gasteiger partial charge < -0.3 is 19.7 Å². The molecule has 1 fully saturated rings. The van der Waals surface area contributed by atoms with E-state index in [1.54, 1.807) is 0 Å². The van der Waals surface area contributed by atoms with Gasteiger partial charge in [-0.05, 0) is 36.9 Å². The second kappa shape index (κ2) is 8.23. The molecule has 7 heteroatoms. The summed E-state index contributed by atoms with van der Waals surface area (Å²) in [6.07, 6.45) is -0.679. The Balaban J connectivity index is 1.53. The summed E-state index contributed by atoms with van der Waals surface area (Å²) in [4.78, 5) is 13.4. The SMILES string of the molecule is Cc1noc(C)c1-c1ccc(OCC(O)CN2CCNC(=O)C2)c2ccccc12. The van der Waals surface area contributed by atoms with E-state index in [1.165, 1.54) is 0 Å². The zero-order valence-corrected chi connectivity index (χ0v) is 16.6. The number of aromatic nitrogens is 1. The number of nitrogens with one attached hydrogen (secondary N) is 1. The molecule has 0 bridgehead atoms. The average Bonchev–Trinajstić information content (AvgIpc) is 3.04. The number of carbonyl (C=O) groups excluding carboxylic acids is 1. The maximum absolute atomic E-state index is 11.5. The Bertz CT molecular complexity index is 1010. The van der Waals surface area contributed by atoms with Gasteiger partial charge in [0.05, 0.1) is 12.2 Å². The average molecular weight is 395 g/mol. The minimum absolute atomic E-state index is 0.00901. The van der Waals surface area contributed by atoms with Crippen LogP contribution in [-0.4, -0.2) is 60.0 Å².